The van der Waals surface area contributed by atoms with Gasteiger partial charge in [-0.3, -0.25) is 9.80 Å². The molecule has 1 aliphatic heterocycles. The van der Waals surface area contributed by atoms with Crippen LogP contribution in [0.2, 0.25) is 0 Å². The molecule has 0 aromatic heterocycles. The summed E-state index contributed by atoms with van der Waals surface area (Å²) >= 11 is 0. The second-order valence-corrected chi connectivity index (χ2v) is 6.58. The minimum absolute atomic E-state index is 0.161. The maximum atomic E-state index is 12.5. The van der Waals surface area contributed by atoms with Gasteiger partial charge in [-0.25, -0.2) is 8.78 Å². The molecule has 24 heavy (non-hydrogen) atoms. The van der Waals surface area contributed by atoms with Crippen molar-refractivity contribution in [1.82, 2.24) is 9.80 Å². The molecular formula is C18H28F2N2O2. The summed E-state index contributed by atoms with van der Waals surface area (Å²) < 4.78 is 30.7. The first-order valence-corrected chi connectivity index (χ1v) is 8.55. The molecule has 4 nitrogen and oxygen atoms in total. The number of alkyl halides is 2. The SMILES string of the molecule is Cc1ccc(C)c(OCC(O)CN2CCCN(CC(F)F)CC2)c1. The molecule has 136 valence electrons. The lowest BCUT2D eigenvalue weighted by atomic mass is 10.1. The third-order valence-electron chi connectivity index (χ3n) is 4.32. The number of aryl methyl sites for hydroxylation is 2. The van der Waals surface area contributed by atoms with Crippen LogP contribution in [0.3, 0.4) is 0 Å². The van der Waals surface area contributed by atoms with Gasteiger partial charge in [0.2, 0.25) is 0 Å². The summed E-state index contributed by atoms with van der Waals surface area (Å²) in [6.45, 7) is 7.40. The van der Waals surface area contributed by atoms with Gasteiger partial charge in [-0.05, 0) is 50.6 Å². The van der Waals surface area contributed by atoms with Crippen molar-refractivity contribution in [1.29, 1.82) is 0 Å². The van der Waals surface area contributed by atoms with Crippen molar-refractivity contribution in [3.8, 4) is 5.75 Å². The molecule has 1 aromatic rings. The lowest BCUT2D eigenvalue weighted by molar-refractivity contribution is 0.0660. The Morgan fingerprint density at radius 2 is 1.75 bits per heavy atom. The van der Waals surface area contributed by atoms with Crippen molar-refractivity contribution < 1.29 is 18.6 Å². The minimum Gasteiger partial charge on any atom is -0.491 e. The Bertz CT molecular complexity index is 514. The molecule has 0 radical (unpaired) electrons. The zero-order valence-electron chi connectivity index (χ0n) is 14.5. The predicted octanol–water partition coefficient (Wildman–Crippen LogP) is 2.32. The van der Waals surface area contributed by atoms with Crippen LogP contribution in [0.25, 0.3) is 0 Å². The monoisotopic (exact) mass is 342 g/mol. The average Bonchev–Trinajstić information content (AvgIpc) is 2.73. The third kappa shape index (κ3) is 6.34. The van der Waals surface area contributed by atoms with E-state index >= 15 is 0 Å². The van der Waals surface area contributed by atoms with E-state index in [1.165, 1.54) is 0 Å². The van der Waals surface area contributed by atoms with E-state index in [0.717, 1.165) is 29.8 Å². The van der Waals surface area contributed by atoms with Gasteiger partial charge in [0.15, 0.2) is 0 Å². The fraction of sp³-hybridized carbons (Fsp3) is 0.667. The Morgan fingerprint density at radius 1 is 1.08 bits per heavy atom. The molecule has 1 heterocycles. The third-order valence-corrected chi connectivity index (χ3v) is 4.32. The number of hydrogen-bond acceptors (Lipinski definition) is 4. The zero-order valence-corrected chi connectivity index (χ0v) is 14.5. The molecule has 0 bridgehead atoms. The molecular weight excluding hydrogens is 314 g/mol. The summed E-state index contributed by atoms with van der Waals surface area (Å²) in [5.74, 6) is 0.799. The second-order valence-electron chi connectivity index (χ2n) is 6.58. The first-order valence-electron chi connectivity index (χ1n) is 8.55. The first kappa shape index (κ1) is 19.1. The van der Waals surface area contributed by atoms with Crippen LogP contribution in [0.5, 0.6) is 5.75 Å². The van der Waals surface area contributed by atoms with Gasteiger partial charge in [-0.2, -0.15) is 0 Å². The number of nitrogens with zero attached hydrogens (tertiary/aromatic N) is 2. The lowest BCUT2D eigenvalue weighted by Gasteiger charge is -2.24. The number of hydrogen-bond donors (Lipinski definition) is 1. The first-order chi connectivity index (χ1) is 11.4. The number of ether oxygens (including phenoxy) is 1. The molecule has 1 atom stereocenters. The van der Waals surface area contributed by atoms with E-state index < -0.39 is 12.5 Å². The smallest absolute Gasteiger partial charge is 0.251 e. The fourth-order valence-corrected chi connectivity index (χ4v) is 2.98. The topological polar surface area (TPSA) is 35.9 Å². The highest BCUT2D eigenvalue weighted by Crippen LogP contribution is 2.19. The molecule has 6 heteroatoms. The maximum absolute atomic E-state index is 12.5. The van der Waals surface area contributed by atoms with Crippen LogP contribution in [0.4, 0.5) is 8.78 Å². The Kier molecular flexibility index (Phi) is 7.40. The molecule has 2 rings (SSSR count). The molecule has 1 N–H and O–H groups in total. The number of β-amino-alcohol motifs (C(OH)–C–C–N with tert-alkyl or cyclic N) is 1. The van der Waals surface area contributed by atoms with Gasteiger partial charge in [0.05, 0.1) is 6.54 Å². The molecule has 1 aromatic carbocycles. The van der Waals surface area contributed by atoms with Crippen LogP contribution in [0, 0.1) is 13.8 Å². The van der Waals surface area contributed by atoms with Crippen molar-refractivity contribution in [3.05, 3.63) is 29.3 Å². The number of rotatable bonds is 7. The Morgan fingerprint density at radius 3 is 2.42 bits per heavy atom. The highest BCUT2D eigenvalue weighted by Gasteiger charge is 2.19. The van der Waals surface area contributed by atoms with Crippen molar-refractivity contribution in [2.45, 2.75) is 32.8 Å². The van der Waals surface area contributed by atoms with Gasteiger partial charge >= 0.3 is 0 Å². The number of aliphatic hydroxyl groups is 1. The van der Waals surface area contributed by atoms with Crippen LogP contribution in [-0.2, 0) is 0 Å². The van der Waals surface area contributed by atoms with Gasteiger partial charge in [0, 0.05) is 19.6 Å². The van der Waals surface area contributed by atoms with Gasteiger partial charge in [0.1, 0.15) is 18.5 Å². The quantitative estimate of drug-likeness (QED) is 0.825. The second kappa shape index (κ2) is 9.30. The van der Waals surface area contributed by atoms with E-state index in [-0.39, 0.29) is 13.2 Å². The van der Waals surface area contributed by atoms with Crippen LogP contribution in [0.15, 0.2) is 18.2 Å². The number of benzene rings is 1. The van der Waals surface area contributed by atoms with Crippen LogP contribution >= 0.6 is 0 Å². The van der Waals surface area contributed by atoms with Gasteiger partial charge in [-0.15, -0.1) is 0 Å². The molecule has 0 saturated carbocycles. The Hall–Kier alpha value is -1.24. The standard InChI is InChI=1S/C18H28F2N2O2/c1-14-4-5-15(2)17(10-14)24-13-16(23)11-21-6-3-7-22(9-8-21)12-18(19)20/h4-5,10,16,18,23H,3,6-9,11-13H2,1-2H3. The maximum Gasteiger partial charge on any atom is 0.251 e. The van der Waals surface area contributed by atoms with E-state index in [2.05, 4.69) is 4.90 Å². The van der Waals surface area contributed by atoms with Crippen LogP contribution < -0.4 is 4.74 Å². The number of halogens is 2. The summed E-state index contributed by atoms with van der Waals surface area (Å²) in [5.41, 5.74) is 2.17. The van der Waals surface area contributed by atoms with Gasteiger partial charge in [0.25, 0.3) is 6.43 Å². The normalized spacial score (nSPS) is 18.6. The van der Waals surface area contributed by atoms with Crippen molar-refractivity contribution in [2.24, 2.45) is 0 Å². The van der Waals surface area contributed by atoms with Gasteiger partial charge in [-0.1, -0.05) is 12.1 Å². The molecule has 0 spiro atoms. The molecule has 0 aliphatic carbocycles. The van der Waals surface area contributed by atoms with Crippen molar-refractivity contribution in [2.75, 3.05) is 45.9 Å². The van der Waals surface area contributed by atoms with E-state index in [1.807, 2.05) is 32.0 Å². The van der Waals surface area contributed by atoms with E-state index in [4.69, 9.17) is 4.74 Å². The molecule has 1 fully saturated rings. The van der Waals surface area contributed by atoms with Crippen LogP contribution in [-0.4, -0.2) is 73.3 Å². The highest BCUT2D eigenvalue weighted by atomic mass is 19.3. The summed E-state index contributed by atoms with van der Waals surface area (Å²) in [6.07, 6.45) is -2.03. The zero-order chi connectivity index (χ0) is 17.5. The van der Waals surface area contributed by atoms with E-state index in [0.29, 0.717) is 26.2 Å². The van der Waals surface area contributed by atoms with Crippen molar-refractivity contribution in [3.63, 3.8) is 0 Å². The van der Waals surface area contributed by atoms with E-state index in [1.54, 1.807) is 4.90 Å². The summed E-state index contributed by atoms with van der Waals surface area (Å²) in [7, 11) is 0. The fourth-order valence-electron chi connectivity index (χ4n) is 2.98. The summed E-state index contributed by atoms with van der Waals surface area (Å²) in [6, 6.07) is 6.00. The van der Waals surface area contributed by atoms with Crippen LogP contribution in [0.1, 0.15) is 17.5 Å². The highest BCUT2D eigenvalue weighted by molar-refractivity contribution is 5.35. The lowest BCUT2D eigenvalue weighted by Crippen LogP contribution is -2.38. The average molecular weight is 342 g/mol. The molecule has 1 unspecified atom stereocenters. The Balaban J connectivity index is 1.75. The molecule has 1 aliphatic rings. The number of aliphatic hydroxyl groups excluding tert-OH is 1. The predicted molar refractivity (Wildman–Crippen MR) is 90.9 cm³/mol. The Labute approximate surface area is 143 Å². The largest absolute Gasteiger partial charge is 0.491 e. The summed E-state index contributed by atoms with van der Waals surface area (Å²) in [4.78, 5) is 3.92. The molecule has 0 amide bonds. The molecule has 1 saturated heterocycles. The van der Waals surface area contributed by atoms with Crippen molar-refractivity contribution >= 4 is 0 Å². The minimum atomic E-state index is -2.28. The van der Waals surface area contributed by atoms with E-state index in [9.17, 15) is 13.9 Å². The summed E-state index contributed by atoms with van der Waals surface area (Å²) in [5, 5.41) is 10.2. The van der Waals surface area contributed by atoms with Gasteiger partial charge < -0.3 is 9.84 Å².